The number of benzene rings is 3. The van der Waals surface area contributed by atoms with Gasteiger partial charge >= 0.3 is 0 Å². The number of nitrogens with one attached hydrogen (secondary N) is 2. The predicted octanol–water partition coefficient (Wildman–Crippen LogP) is 5.61. The highest BCUT2D eigenvalue weighted by Crippen LogP contribution is 2.23. The Hall–Kier alpha value is -3.31. The van der Waals surface area contributed by atoms with Gasteiger partial charge in [0.25, 0.3) is 5.91 Å². The Bertz CT molecular complexity index is 1070. The Labute approximate surface area is 161 Å². The van der Waals surface area contributed by atoms with E-state index in [-0.39, 0.29) is 5.91 Å². The SMILES string of the molecule is O=C(Nc1ccc(SNc2ccccc2)cc1)c1ccc2cnccc2c1. The van der Waals surface area contributed by atoms with Gasteiger partial charge in [-0.05, 0) is 71.9 Å². The molecule has 4 aromatic rings. The summed E-state index contributed by atoms with van der Waals surface area (Å²) in [5, 5.41) is 4.95. The van der Waals surface area contributed by atoms with E-state index < -0.39 is 0 Å². The molecule has 1 heterocycles. The first-order valence-corrected chi connectivity index (χ1v) is 9.33. The number of carbonyl (C=O) groups is 1. The summed E-state index contributed by atoms with van der Waals surface area (Å²) in [5.74, 6) is -0.128. The molecule has 1 amide bonds. The molecule has 0 aliphatic heterocycles. The Morgan fingerprint density at radius 1 is 0.815 bits per heavy atom. The van der Waals surface area contributed by atoms with E-state index in [2.05, 4.69) is 15.0 Å². The topological polar surface area (TPSA) is 54.0 Å². The molecule has 4 nitrogen and oxygen atoms in total. The molecule has 0 spiro atoms. The summed E-state index contributed by atoms with van der Waals surface area (Å²) in [4.78, 5) is 17.7. The van der Waals surface area contributed by atoms with E-state index in [0.29, 0.717) is 5.56 Å². The van der Waals surface area contributed by atoms with Gasteiger partial charge in [0, 0.05) is 39.6 Å². The first-order valence-electron chi connectivity index (χ1n) is 8.51. The van der Waals surface area contributed by atoms with Crippen molar-refractivity contribution in [2.45, 2.75) is 4.90 Å². The number of amides is 1. The molecule has 0 radical (unpaired) electrons. The van der Waals surface area contributed by atoms with Crippen molar-refractivity contribution in [2.24, 2.45) is 0 Å². The van der Waals surface area contributed by atoms with Crippen molar-refractivity contribution in [3.8, 4) is 0 Å². The molecular formula is C22H17N3OS. The fourth-order valence-electron chi connectivity index (χ4n) is 2.66. The van der Waals surface area contributed by atoms with Crippen LogP contribution in [0, 0.1) is 0 Å². The van der Waals surface area contributed by atoms with E-state index in [1.54, 1.807) is 12.4 Å². The zero-order valence-electron chi connectivity index (χ0n) is 14.4. The van der Waals surface area contributed by atoms with Crippen molar-refractivity contribution < 1.29 is 4.79 Å². The summed E-state index contributed by atoms with van der Waals surface area (Å²) in [5.41, 5.74) is 2.43. The van der Waals surface area contributed by atoms with Gasteiger partial charge in [0.05, 0.1) is 0 Å². The molecule has 0 bridgehead atoms. The van der Waals surface area contributed by atoms with Crippen LogP contribution in [0.15, 0.2) is 96.2 Å². The largest absolute Gasteiger partial charge is 0.326 e. The maximum atomic E-state index is 12.5. The van der Waals surface area contributed by atoms with E-state index in [4.69, 9.17) is 0 Å². The fraction of sp³-hybridized carbons (Fsp3) is 0. The van der Waals surface area contributed by atoms with Crippen molar-refractivity contribution in [1.29, 1.82) is 0 Å². The van der Waals surface area contributed by atoms with Gasteiger partial charge in [0.2, 0.25) is 0 Å². The summed E-state index contributed by atoms with van der Waals surface area (Å²) in [6.07, 6.45) is 3.51. The van der Waals surface area contributed by atoms with E-state index in [1.165, 1.54) is 11.9 Å². The summed E-state index contributed by atoms with van der Waals surface area (Å²) in [6.45, 7) is 0. The molecule has 132 valence electrons. The molecule has 4 rings (SSSR count). The van der Waals surface area contributed by atoms with Gasteiger partial charge in [-0.25, -0.2) is 0 Å². The minimum atomic E-state index is -0.128. The number of hydrogen-bond donors (Lipinski definition) is 2. The van der Waals surface area contributed by atoms with Crippen LogP contribution in [-0.4, -0.2) is 10.9 Å². The fourth-order valence-corrected chi connectivity index (χ4v) is 3.30. The zero-order chi connectivity index (χ0) is 18.5. The minimum Gasteiger partial charge on any atom is -0.326 e. The highest BCUT2D eigenvalue weighted by Gasteiger charge is 2.07. The third-order valence-electron chi connectivity index (χ3n) is 4.08. The number of para-hydroxylation sites is 1. The molecule has 0 aliphatic carbocycles. The van der Waals surface area contributed by atoms with Crippen LogP contribution in [0.2, 0.25) is 0 Å². The van der Waals surface area contributed by atoms with Crippen LogP contribution in [0.3, 0.4) is 0 Å². The van der Waals surface area contributed by atoms with Gasteiger partial charge in [-0.3, -0.25) is 9.78 Å². The summed E-state index contributed by atoms with van der Waals surface area (Å²) in [6, 6.07) is 25.2. The van der Waals surface area contributed by atoms with Crippen LogP contribution in [0.4, 0.5) is 11.4 Å². The summed E-state index contributed by atoms with van der Waals surface area (Å²) >= 11 is 1.53. The molecule has 2 N–H and O–H groups in total. The number of aromatic nitrogens is 1. The first-order chi connectivity index (χ1) is 13.3. The average Bonchev–Trinajstić information content (AvgIpc) is 2.73. The molecular weight excluding hydrogens is 354 g/mol. The maximum Gasteiger partial charge on any atom is 0.255 e. The monoisotopic (exact) mass is 371 g/mol. The predicted molar refractivity (Wildman–Crippen MR) is 112 cm³/mol. The van der Waals surface area contributed by atoms with E-state index >= 15 is 0 Å². The molecule has 0 saturated carbocycles. The second kappa shape index (κ2) is 7.93. The second-order valence-corrected chi connectivity index (χ2v) is 6.87. The lowest BCUT2D eigenvalue weighted by molar-refractivity contribution is 0.102. The lowest BCUT2D eigenvalue weighted by Gasteiger charge is -2.08. The van der Waals surface area contributed by atoms with Gasteiger partial charge in [0.15, 0.2) is 0 Å². The second-order valence-electron chi connectivity index (χ2n) is 5.99. The van der Waals surface area contributed by atoms with Crippen molar-refractivity contribution in [2.75, 3.05) is 10.0 Å². The highest BCUT2D eigenvalue weighted by atomic mass is 32.2. The summed E-state index contributed by atoms with van der Waals surface area (Å²) in [7, 11) is 0. The Balaban J connectivity index is 1.40. The van der Waals surface area contributed by atoms with Crippen LogP contribution in [-0.2, 0) is 0 Å². The number of nitrogens with zero attached hydrogens (tertiary/aromatic N) is 1. The van der Waals surface area contributed by atoms with Gasteiger partial charge in [-0.1, -0.05) is 24.3 Å². The number of anilines is 2. The summed E-state index contributed by atoms with van der Waals surface area (Å²) < 4.78 is 3.29. The van der Waals surface area contributed by atoms with Crippen LogP contribution in [0.5, 0.6) is 0 Å². The molecule has 0 atom stereocenters. The highest BCUT2D eigenvalue weighted by molar-refractivity contribution is 8.00. The van der Waals surface area contributed by atoms with Gasteiger partial charge < -0.3 is 10.0 Å². The molecule has 3 aromatic carbocycles. The Kier molecular flexibility index (Phi) is 5.03. The standard InChI is InChI=1S/C22H17N3OS/c26-22(17-6-7-18-15-23-13-12-16(18)14-17)24-19-8-10-21(11-9-19)27-25-20-4-2-1-3-5-20/h1-15,25H,(H,24,26). The lowest BCUT2D eigenvalue weighted by atomic mass is 10.1. The number of pyridine rings is 1. The Morgan fingerprint density at radius 2 is 1.63 bits per heavy atom. The van der Waals surface area contributed by atoms with Crippen molar-refractivity contribution in [1.82, 2.24) is 4.98 Å². The van der Waals surface area contributed by atoms with Crippen LogP contribution in [0.25, 0.3) is 10.8 Å². The van der Waals surface area contributed by atoms with Gasteiger partial charge in [-0.15, -0.1) is 0 Å². The van der Waals surface area contributed by atoms with Crippen molar-refractivity contribution in [3.05, 3.63) is 96.8 Å². The van der Waals surface area contributed by atoms with Crippen molar-refractivity contribution >= 4 is 40.0 Å². The third-order valence-corrected chi connectivity index (χ3v) is 4.92. The normalized spacial score (nSPS) is 10.5. The van der Waals surface area contributed by atoms with Crippen molar-refractivity contribution in [3.63, 3.8) is 0 Å². The molecule has 27 heavy (non-hydrogen) atoms. The molecule has 0 fully saturated rings. The molecule has 0 aliphatic rings. The zero-order valence-corrected chi connectivity index (χ0v) is 15.2. The molecule has 5 heteroatoms. The van der Waals surface area contributed by atoms with E-state index in [9.17, 15) is 4.79 Å². The Morgan fingerprint density at radius 3 is 2.44 bits per heavy atom. The lowest BCUT2D eigenvalue weighted by Crippen LogP contribution is -2.11. The number of hydrogen-bond acceptors (Lipinski definition) is 4. The van der Waals surface area contributed by atoms with Crippen LogP contribution >= 0.6 is 11.9 Å². The minimum absolute atomic E-state index is 0.128. The smallest absolute Gasteiger partial charge is 0.255 e. The van der Waals surface area contributed by atoms with E-state index in [0.717, 1.165) is 27.0 Å². The van der Waals surface area contributed by atoms with Gasteiger partial charge in [0.1, 0.15) is 0 Å². The molecule has 1 aromatic heterocycles. The quantitative estimate of drug-likeness (QED) is 0.448. The van der Waals surface area contributed by atoms with Crippen LogP contribution in [0.1, 0.15) is 10.4 Å². The number of carbonyl (C=O) groups excluding carboxylic acids is 1. The maximum absolute atomic E-state index is 12.5. The first kappa shape index (κ1) is 17.1. The van der Waals surface area contributed by atoms with Gasteiger partial charge in [-0.2, -0.15) is 0 Å². The third kappa shape index (κ3) is 4.27. The molecule has 0 unspecified atom stereocenters. The van der Waals surface area contributed by atoms with Crippen LogP contribution < -0.4 is 10.0 Å². The number of fused-ring (bicyclic) bond motifs is 1. The average molecular weight is 371 g/mol. The number of rotatable bonds is 5. The molecule has 0 saturated heterocycles. The van der Waals surface area contributed by atoms with E-state index in [1.807, 2.05) is 78.9 Å².